The highest BCUT2D eigenvalue weighted by atomic mass is 16.5. The summed E-state index contributed by atoms with van der Waals surface area (Å²) < 4.78 is 12.6. The molecule has 0 radical (unpaired) electrons. The van der Waals surface area contributed by atoms with E-state index in [1.807, 2.05) is 24.9 Å². The molecule has 1 saturated heterocycles. The first-order valence-electron chi connectivity index (χ1n) is 12.2. The van der Waals surface area contributed by atoms with Gasteiger partial charge in [-0.3, -0.25) is 4.79 Å². The molecule has 0 bridgehead atoms. The Balaban J connectivity index is 1.25. The van der Waals surface area contributed by atoms with Gasteiger partial charge in [0, 0.05) is 49.4 Å². The van der Waals surface area contributed by atoms with Gasteiger partial charge in [0.25, 0.3) is 0 Å². The number of nitrogens with zero attached hydrogens (tertiary/aromatic N) is 4. The lowest BCUT2D eigenvalue weighted by Crippen LogP contribution is -2.38. The third-order valence-electron chi connectivity index (χ3n) is 7.51. The van der Waals surface area contributed by atoms with Crippen LogP contribution in [0.1, 0.15) is 47.6 Å². The number of methoxy groups -OCH3 is 2. The molecule has 1 N–H and O–H groups in total. The summed E-state index contributed by atoms with van der Waals surface area (Å²) in [5, 5.41) is 6.57. The summed E-state index contributed by atoms with van der Waals surface area (Å²) in [6, 6.07) is 6.14. The minimum absolute atomic E-state index is 0.209. The fourth-order valence-electron chi connectivity index (χ4n) is 5.52. The summed E-state index contributed by atoms with van der Waals surface area (Å²) in [6.45, 7) is 5.65. The van der Waals surface area contributed by atoms with Crippen LogP contribution in [0.5, 0.6) is 11.6 Å². The van der Waals surface area contributed by atoms with Crippen molar-refractivity contribution in [3.63, 3.8) is 0 Å². The molecule has 8 nitrogen and oxygen atoms in total. The highest BCUT2D eigenvalue weighted by molar-refractivity contribution is 5.87. The van der Waals surface area contributed by atoms with E-state index in [-0.39, 0.29) is 5.91 Å². The predicted molar refractivity (Wildman–Crippen MR) is 136 cm³/mol. The van der Waals surface area contributed by atoms with Crippen molar-refractivity contribution in [1.82, 2.24) is 24.6 Å². The molecule has 1 amide bonds. The average molecular weight is 476 g/mol. The largest absolute Gasteiger partial charge is 0.497 e. The molecular weight excluding hydrogens is 442 g/mol. The zero-order valence-electron chi connectivity index (χ0n) is 21.1. The molecule has 3 aromatic heterocycles. The fraction of sp³-hybridized carbons (Fsp3) is 0.444. The number of pyridine rings is 1. The topological polar surface area (TPSA) is 85.3 Å². The van der Waals surface area contributed by atoms with Gasteiger partial charge in [-0.1, -0.05) is 0 Å². The van der Waals surface area contributed by atoms with E-state index < -0.39 is 0 Å². The first-order valence-corrected chi connectivity index (χ1v) is 12.2. The van der Waals surface area contributed by atoms with Crippen LogP contribution in [0.25, 0.3) is 21.9 Å². The summed E-state index contributed by atoms with van der Waals surface area (Å²) in [7, 11) is 5.19. The maximum Gasteiger partial charge on any atom is 0.242 e. The quantitative estimate of drug-likeness (QED) is 0.446. The van der Waals surface area contributed by atoms with Crippen LogP contribution in [0.3, 0.4) is 0 Å². The van der Waals surface area contributed by atoms with E-state index in [2.05, 4.69) is 35.3 Å². The summed E-state index contributed by atoms with van der Waals surface area (Å²) in [6.07, 6.45) is 5.20. The number of nitrogens with one attached hydrogen (secondary N) is 1. The number of fused-ring (bicyclic) bond motifs is 2. The van der Waals surface area contributed by atoms with Crippen LogP contribution in [-0.4, -0.2) is 57.9 Å². The van der Waals surface area contributed by atoms with Crippen molar-refractivity contribution in [3.05, 3.63) is 46.8 Å². The number of aromatic amines is 1. The Hall–Kier alpha value is -3.55. The SMILES string of the molecule is COc1ccc2[nH]cc(C3CCN(C(=O)CCc4c(C)nc5c(c(OC)nn5C)c4C)CC3)c2c1. The smallest absolute Gasteiger partial charge is 0.242 e. The van der Waals surface area contributed by atoms with E-state index in [1.165, 1.54) is 10.9 Å². The lowest BCUT2D eigenvalue weighted by atomic mass is 9.89. The van der Waals surface area contributed by atoms with Gasteiger partial charge in [0.2, 0.25) is 11.8 Å². The highest BCUT2D eigenvalue weighted by Gasteiger charge is 2.26. The Morgan fingerprint density at radius 2 is 1.94 bits per heavy atom. The van der Waals surface area contributed by atoms with Gasteiger partial charge in [-0.05, 0) is 73.9 Å². The van der Waals surface area contributed by atoms with E-state index in [1.54, 1.807) is 18.9 Å². The Bertz CT molecular complexity index is 1400. The van der Waals surface area contributed by atoms with Crippen molar-refractivity contribution in [2.24, 2.45) is 7.05 Å². The summed E-state index contributed by atoms with van der Waals surface area (Å²) in [5.74, 6) is 2.10. The molecule has 35 heavy (non-hydrogen) atoms. The molecule has 1 aliphatic heterocycles. The Labute approximate surface area is 205 Å². The number of carbonyl (C=O) groups is 1. The number of aryl methyl sites for hydroxylation is 3. The third kappa shape index (κ3) is 4.11. The number of rotatable bonds is 6. The summed E-state index contributed by atoms with van der Waals surface area (Å²) in [4.78, 5) is 23.3. The van der Waals surface area contributed by atoms with E-state index >= 15 is 0 Å². The molecule has 4 aromatic rings. The van der Waals surface area contributed by atoms with Crippen LogP contribution in [0.2, 0.25) is 0 Å². The van der Waals surface area contributed by atoms with Gasteiger partial charge >= 0.3 is 0 Å². The van der Waals surface area contributed by atoms with Gasteiger partial charge in [0.1, 0.15) is 5.75 Å². The van der Waals surface area contributed by atoms with E-state index in [4.69, 9.17) is 14.5 Å². The van der Waals surface area contributed by atoms with Gasteiger partial charge in [-0.25, -0.2) is 9.67 Å². The fourth-order valence-corrected chi connectivity index (χ4v) is 5.52. The van der Waals surface area contributed by atoms with E-state index in [0.29, 0.717) is 24.6 Å². The van der Waals surface area contributed by atoms with Crippen LogP contribution < -0.4 is 9.47 Å². The number of benzene rings is 1. The van der Waals surface area contributed by atoms with Crippen LogP contribution in [0.4, 0.5) is 0 Å². The van der Waals surface area contributed by atoms with Gasteiger partial charge in [0.05, 0.1) is 19.6 Å². The van der Waals surface area contributed by atoms with Crippen molar-refractivity contribution in [2.75, 3.05) is 27.3 Å². The van der Waals surface area contributed by atoms with Crippen LogP contribution in [0, 0.1) is 13.8 Å². The van der Waals surface area contributed by atoms with Crippen LogP contribution >= 0.6 is 0 Å². The molecule has 184 valence electrons. The molecule has 0 aliphatic carbocycles. The number of piperidine rings is 1. The molecule has 0 spiro atoms. The number of hydrogen-bond donors (Lipinski definition) is 1. The van der Waals surface area contributed by atoms with Crippen molar-refractivity contribution in [2.45, 2.75) is 45.4 Å². The summed E-state index contributed by atoms with van der Waals surface area (Å²) >= 11 is 0. The maximum atomic E-state index is 13.1. The number of likely N-dealkylation sites (tertiary alicyclic amines) is 1. The minimum atomic E-state index is 0.209. The highest BCUT2D eigenvalue weighted by Crippen LogP contribution is 2.35. The number of carbonyl (C=O) groups excluding carboxylic acids is 1. The maximum absolute atomic E-state index is 13.1. The number of H-pyrrole nitrogens is 1. The molecule has 8 heteroatoms. The Morgan fingerprint density at radius 3 is 2.66 bits per heavy atom. The standard InChI is InChI=1S/C27H33N5O3/c1-16-20(17(2)29-26-25(16)27(35-5)30-31(26)3)7-9-24(33)32-12-10-18(11-13-32)22-15-28-23-8-6-19(34-4)14-21(22)23/h6,8,14-15,18,28H,7,9-13H2,1-5H3. The monoisotopic (exact) mass is 475 g/mol. The predicted octanol–water partition coefficient (Wildman–Crippen LogP) is 4.42. The lowest BCUT2D eigenvalue weighted by Gasteiger charge is -2.32. The zero-order chi connectivity index (χ0) is 24.7. The van der Waals surface area contributed by atoms with Crippen LogP contribution in [0.15, 0.2) is 24.4 Å². The van der Waals surface area contributed by atoms with Gasteiger partial charge in [-0.2, -0.15) is 0 Å². The second-order valence-corrected chi connectivity index (χ2v) is 9.44. The normalized spacial score (nSPS) is 14.7. The number of ether oxygens (including phenoxy) is 2. The molecule has 5 rings (SSSR count). The number of aromatic nitrogens is 4. The first kappa shape index (κ1) is 23.2. The number of hydrogen-bond acceptors (Lipinski definition) is 5. The van der Waals surface area contributed by atoms with Gasteiger partial charge in [-0.15, -0.1) is 5.10 Å². The van der Waals surface area contributed by atoms with Gasteiger partial charge in [0.15, 0.2) is 5.65 Å². The Morgan fingerprint density at radius 1 is 1.17 bits per heavy atom. The lowest BCUT2D eigenvalue weighted by molar-refractivity contribution is -0.132. The van der Waals surface area contributed by atoms with E-state index in [9.17, 15) is 4.79 Å². The Kier molecular flexibility index (Phi) is 6.13. The van der Waals surface area contributed by atoms with Gasteiger partial charge < -0.3 is 19.4 Å². The van der Waals surface area contributed by atoms with E-state index in [0.717, 1.165) is 65.1 Å². The molecule has 0 saturated carbocycles. The average Bonchev–Trinajstić information content (AvgIpc) is 3.44. The number of amides is 1. The zero-order valence-corrected chi connectivity index (χ0v) is 21.1. The van der Waals surface area contributed by atoms with Crippen molar-refractivity contribution >= 4 is 27.8 Å². The second kappa shape index (κ2) is 9.24. The van der Waals surface area contributed by atoms with Crippen LogP contribution in [-0.2, 0) is 18.3 Å². The molecule has 0 unspecified atom stereocenters. The molecule has 0 atom stereocenters. The first-order chi connectivity index (χ1) is 16.9. The molecule has 1 aromatic carbocycles. The third-order valence-corrected chi connectivity index (χ3v) is 7.51. The molecular formula is C27H33N5O3. The molecule has 4 heterocycles. The van der Waals surface area contributed by atoms with Crippen molar-refractivity contribution < 1.29 is 14.3 Å². The summed E-state index contributed by atoms with van der Waals surface area (Å²) in [5.41, 5.74) is 6.41. The minimum Gasteiger partial charge on any atom is -0.497 e. The van der Waals surface area contributed by atoms with Crippen molar-refractivity contribution in [3.8, 4) is 11.6 Å². The molecule has 1 fully saturated rings. The molecule has 1 aliphatic rings. The second-order valence-electron chi connectivity index (χ2n) is 9.44. The van der Waals surface area contributed by atoms with Crippen molar-refractivity contribution in [1.29, 1.82) is 0 Å².